The summed E-state index contributed by atoms with van der Waals surface area (Å²) in [5.41, 5.74) is 8.03. The van der Waals surface area contributed by atoms with E-state index in [4.69, 9.17) is 14.9 Å². The topological polar surface area (TPSA) is 48.4 Å². The van der Waals surface area contributed by atoms with Gasteiger partial charge in [0.15, 0.2) is 11.3 Å². The third-order valence-corrected chi connectivity index (χ3v) is 3.01. The standard InChI is InChI=1S/C14H19NO2/c1-8(2)13(15)11-7-10-5-9(3)6-12(16-4)14(10)17-11/h5-8,13H,15H2,1-4H3. The molecule has 3 heteroatoms. The predicted molar refractivity (Wildman–Crippen MR) is 69.3 cm³/mol. The number of rotatable bonds is 3. The van der Waals surface area contributed by atoms with Crippen LogP contribution in [0, 0.1) is 12.8 Å². The van der Waals surface area contributed by atoms with Crippen molar-refractivity contribution in [2.75, 3.05) is 7.11 Å². The first-order valence-electron chi connectivity index (χ1n) is 5.86. The fourth-order valence-electron chi connectivity index (χ4n) is 1.93. The van der Waals surface area contributed by atoms with Gasteiger partial charge in [0.25, 0.3) is 0 Å². The number of hydrogen-bond donors (Lipinski definition) is 1. The summed E-state index contributed by atoms with van der Waals surface area (Å²) >= 11 is 0. The molecule has 0 saturated carbocycles. The van der Waals surface area contributed by atoms with Crippen molar-refractivity contribution in [3.63, 3.8) is 0 Å². The zero-order valence-electron chi connectivity index (χ0n) is 10.8. The quantitative estimate of drug-likeness (QED) is 0.883. The van der Waals surface area contributed by atoms with Gasteiger partial charge in [-0.1, -0.05) is 13.8 Å². The Morgan fingerprint density at radius 1 is 1.24 bits per heavy atom. The lowest BCUT2D eigenvalue weighted by atomic mass is 10.0. The van der Waals surface area contributed by atoms with Gasteiger partial charge in [0.05, 0.1) is 13.2 Å². The summed E-state index contributed by atoms with van der Waals surface area (Å²) in [5, 5.41) is 1.05. The lowest BCUT2D eigenvalue weighted by molar-refractivity contribution is 0.391. The molecule has 0 aliphatic carbocycles. The largest absolute Gasteiger partial charge is 0.493 e. The van der Waals surface area contributed by atoms with E-state index in [0.29, 0.717) is 5.92 Å². The zero-order chi connectivity index (χ0) is 12.6. The molecular formula is C14H19NO2. The molecule has 0 radical (unpaired) electrons. The molecule has 1 aromatic carbocycles. The van der Waals surface area contributed by atoms with E-state index in [1.165, 1.54) is 0 Å². The number of fused-ring (bicyclic) bond motifs is 1. The van der Waals surface area contributed by atoms with Gasteiger partial charge in [0.2, 0.25) is 0 Å². The van der Waals surface area contributed by atoms with Crippen molar-refractivity contribution in [1.29, 1.82) is 0 Å². The molecular weight excluding hydrogens is 214 g/mol. The summed E-state index contributed by atoms with van der Waals surface area (Å²) in [6, 6.07) is 5.98. The van der Waals surface area contributed by atoms with E-state index in [1.807, 2.05) is 19.1 Å². The van der Waals surface area contributed by atoms with E-state index < -0.39 is 0 Å². The molecule has 3 nitrogen and oxygen atoms in total. The van der Waals surface area contributed by atoms with Crippen molar-refractivity contribution in [2.45, 2.75) is 26.8 Å². The SMILES string of the molecule is COc1cc(C)cc2cc(C(N)C(C)C)oc12. The Balaban J connectivity index is 2.57. The summed E-state index contributed by atoms with van der Waals surface area (Å²) in [5.74, 6) is 1.93. The average Bonchev–Trinajstić information content (AvgIpc) is 2.69. The molecule has 0 aliphatic heterocycles. The highest BCUT2D eigenvalue weighted by Gasteiger charge is 2.17. The van der Waals surface area contributed by atoms with Gasteiger partial charge in [-0.25, -0.2) is 0 Å². The van der Waals surface area contributed by atoms with E-state index in [0.717, 1.165) is 28.0 Å². The number of aryl methyl sites for hydroxylation is 1. The van der Waals surface area contributed by atoms with Crippen molar-refractivity contribution in [3.8, 4) is 5.75 Å². The van der Waals surface area contributed by atoms with Crippen LogP contribution in [0.4, 0.5) is 0 Å². The van der Waals surface area contributed by atoms with Crippen molar-refractivity contribution in [2.24, 2.45) is 11.7 Å². The molecule has 0 saturated heterocycles. The molecule has 0 bridgehead atoms. The molecule has 1 aromatic heterocycles. The number of furan rings is 1. The molecule has 0 fully saturated rings. The fourth-order valence-corrected chi connectivity index (χ4v) is 1.93. The molecule has 1 atom stereocenters. The molecule has 92 valence electrons. The van der Waals surface area contributed by atoms with E-state index in [2.05, 4.69) is 19.9 Å². The Morgan fingerprint density at radius 3 is 2.53 bits per heavy atom. The summed E-state index contributed by atoms with van der Waals surface area (Å²) in [6.45, 7) is 6.21. The monoisotopic (exact) mass is 233 g/mol. The zero-order valence-corrected chi connectivity index (χ0v) is 10.8. The van der Waals surface area contributed by atoms with Crippen LogP contribution in [0.3, 0.4) is 0 Å². The highest BCUT2D eigenvalue weighted by Crippen LogP contribution is 2.33. The number of ether oxygens (including phenoxy) is 1. The first kappa shape index (κ1) is 12.0. The lowest BCUT2D eigenvalue weighted by Crippen LogP contribution is -2.15. The molecule has 2 N–H and O–H groups in total. The number of methoxy groups -OCH3 is 1. The first-order valence-corrected chi connectivity index (χ1v) is 5.86. The van der Waals surface area contributed by atoms with Gasteiger partial charge in [-0.05, 0) is 36.6 Å². The third kappa shape index (κ3) is 2.15. The number of nitrogens with two attached hydrogens (primary N) is 1. The van der Waals surface area contributed by atoms with Gasteiger partial charge in [0, 0.05) is 5.39 Å². The predicted octanol–water partition coefficient (Wildman–Crippen LogP) is 3.41. The van der Waals surface area contributed by atoms with Crippen LogP contribution in [0.5, 0.6) is 5.75 Å². The average molecular weight is 233 g/mol. The van der Waals surface area contributed by atoms with Gasteiger partial charge >= 0.3 is 0 Å². The van der Waals surface area contributed by atoms with Crippen LogP contribution in [0.15, 0.2) is 22.6 Å². The first-order chi connectivity index (χ1) is 8.02. The van der Waals surface area contributed by atoms with E-state index in [-0.39, 0.29) is 6.04 Å². The highest BCUT2D eigenvalue weighted by atomic mass is 16.5. The Labute approximate surface area is 102 Å². The van der Waals surface area contributed by atoms with Crippen LogP contribution in [-0.2, 0) is 0 Å². The van der Waals surface area contributed by atoms with Gasteiger partial charge in [-0.2, -0.15) is 0 Å². The molecule has 1 unspecified atom stereocenters. The lowest BCUT2D eigenvalue weighted by Gasteiger charge is -2.11. The minimum atomic E-state index is -0.0765. The van der Waals surface area contributed by atoms with Crippen LogP contribution >= 0.6 is 0 Å². The Morgan fingerprint density at radius 2 is 1.94 bits per heavy atom. The minimum Gasteiger partial charge on any atom is -0.493 e. The maximum absolute atomic E-state index is 6.10. The second-order valence-corrected chi connectivity index (χ2v) is 4.80. The molecule has 0 spiro atoms. The maximum atomic E-state index is 6.10. The van der Waals surface area contributed by atoms with Crippen LogP contribution < -0.4 is 10.5 Å². The molecule has 2 rings (SSSR count). The molecule has 1 heterocycles. The van der Waals surface area contributed by atoms with Gasteiger partial charge in [-0.15, -0.1) is 0 Å². The number of hydrogen-bond acceptors (Lipinski definition) is 3. The highest BCUT2D eigenvalue weighted by molar-refractivity contribution is 5.84. The van der Waals surface area contributed by atoms with Gasteiger partial charge in [0.1, 0.15) is 5.76 Å². The van der Waals surface area contributed by atoms with E-state index in [9.17, 15) is 0 Å². The summed E-state index contributed by atoms with van der Waals surface area (Å²) in [7, 11) is 1.65. The maximum Gasteiger partial charge on any atom is 0.176 e. The van der Waals surface area contributed by atoms with Crippen LogP contribution in [0.1, 0.15) is 31.2 Å². The molecule has 0 amide bonds. The van der Waals surface area contributed by atoms with E-state index in [1.54, 1.807) is 7.11 Å². The van der Waals surface area contributed by atoms with Gasteiger partial charge in [-0.3, -0.25) is 0 Å². The summed E-state index contributed by atoms with van der Waals surface area (Å²) in [4.78, 5) is 0. The van der Waals surface area contributed by atoms with Crippen LogP contribution in [0.25, 0.3) is 11.0 Å². The van der Waals surface area contributed by atoms with Gasteiger partial charge < -0.3 is 14.9 Å². The third-order valence-electron chi connectivity index (χ3n) is 3.01. The van der Waals surface area contributed by atoms with Crippen molar-refractivity contribution >= 4 is 11.0 Å². The normalized spacial score (nSPS) is 13.3. The second-order valence-electron chi connectivity index (χ2n) is 4.80. The Bertz CT molecular complexity index is 528. The second kappa shape index (κ2) is 4.41. The van der Waals surface area contributed by atoms with E-state index >= 15 is 0 Å². The Kier molecular flexibility index (Phi) is 3.11. The smallest absolute Gasteiger partial charge is 0.176 e. The van der Waals surface area contributed by atoms with Crippen molar-refractivity contribution in [1.82, 2.24) is 0 Å². The minimum absolute atomic E-state index is 0.0765. The fraction of sp³-hybridized carbons (Fsp3) is 0.429. The Hall–Kier alpha value is -1.48. The van der Waals surface area contributed by atoms with Crippen LogP contribution in [-0.4, -0.2) is 7.11 Å². The molecule has 2 aromatic rings. The molecule has 0 aliphatic rings. The molecule has 17 heavy (non-hydrogen) atoms. The summed E-state index contributed by atoms with van der Waals surface area (Å²) < 4.78 is 11.1. The van der Waals surface area contributed by atoms with Crippen molar-refractivity contribution in [3.05, 3.63) is 29.5 Å². The van der Waals surface area contributed by atoms with Crippen molar-refractivity contribution < 1.29 is 9.15 Å². The summed E-state index contributed by atoms with van der Waals surface area (Å²) in [6.07, 6.45) is 0. The van der Waals surface area contributed by atoms with Crippen LogP contribution in [0.2, 0.25) is 0 Å². The number of benzene rings is 1.